The topological polar surface area (TPSA) is 86.2 Å². The van der Waals surface area contributed by atoms with Gasteiger partial charge in [-0.2, -0.15) is 4.98 Å². The van der Waals surface area contributed by atoms with E-state index in [4.69, 9.17) is 9.72 Å². The summed E-state index contributed by atoms with van der Waals surface area (Å²) >= 11 is 0. The summed E-state index contributed by atoms with van der Waals surface area (Å²) in [5, 5.41) is 3.09. The summed E-state index contributed by atoms with van der Waals surface area (Å²) in [4.78, 5) is 33.3. The number of nitrogens with one attached hydrogen (secondary N) is 1. The van der Waals surface area contributed by atoms with E-state index in [1.54, 1.807) is 13.3 Å². The van der Waals surface area contributed by atoms with Gasteiger partial charge in [0.05, 0.1) is 19.7 Å². The number of benzene rings is 1. The number of piperazine rings is 1. The lowest BCUT2D eigenvalue weighted by Crippen LogP contribution is -2.55. The lowest BCUT2D eigenvalue weighted by Gasteiger charge is -2.42. The van der Waals surface area contributed by atoms with Crippen LogP contribution in [-0.2, 0) is 11.3 Å². The van der Waals surface area contributed by atoms with Crippen molar-refractivity contribution < 1.29 is 9.53 Å². The van der Waals surface area contributed by atoms with Crippen LogP contribution in [0.25, 0.3) is 0 Å². The quantitative estimate of drug-likeness (QED) is 0.576. The molecule has 1 N–H and O–H groups in total. The van der Waals surface area contributed by atoms with Crippen LogP contribution in [-0.4, -0.2) is 79.5 Å². The van der Waals surface area contributed by atoms with E-state index in [0.29, 0.717) is 25.6 Å². The molecule has 2 aromatic rings. The molecule has 2 aliphatic heterocycles. The Bertz CT molecular complexity index is 958. The third-order valence-electron chi connectivity index (χ3n) is 6.35. The number of amides is 1. The van der Waals surface area contributed by atoms with Gasteiger partial charge in [-0.3, -0.25) is 14.7 Å². The standard InChI is InChI=1S/C25H35N7O2/c1-3-4-12-30-14-15-32(23-9-10-27-25(29-23)31-13-11-26-19-31)21(18-30)16-24(33)28-17-20-5-7-22(34-2)8-6-20/h5-11,21H,3-4,12-19H2,1-2H3,(H,28,33). The second-order valence-corrected chi connectivity index (χ2v) is 8.77. The van der Waals surface area contributed by atoms with Gasteiger partial charge in [-0.1, -0.05) is 25.5 Å². The van der Waals surface area contributed by atoms with Gasteiger partial charge in [-0.05, 0) is 36.7 Å². The molecule has 1 atom stereocenters. The van der Waals surface area contributed by atoms with Gasteiger partial charge in [0.15, 0.2) is 0 Å². The summed E-state index contributed by atoms with van der Waals surface area (Å²) in [6, 6.07) is 9.78. The van der Waals surface area contributed by atoms with E-state index in [2.05, 4.69) is 32.0 Å². The molecule has 1 aromatic carbocycles. The second kappa shape index (κ2) is 11.8. The normalized spacial score (nSPS) is 18.4. The van der Waals surface area contributed by atoms with Gasteiger partial charge in [0.1, 0.15) is 18.2 Å². The lowest BCUT2D eigenvalue weighted by atomic mass is 10.1. The van der Waals surface area contributed by atoms with Gasteiger partial charge in [-0.15, -0.1) is 0 Å². The second-order valence-electron chi connectivity index (χ2n) is 8.77. The molecule has 1 unspecified atom stereocenters. The Morgan fingerprint density at radius 1 is 1.21 bits per heavy atom. The van der Waals surface area contributed by atoms with Crippen molar-refractivity contribution in [2.24, 2.45) is 4.99 Å². The van der Waals surface area contributed by atoms with Crippen LogP contribution in [0.2, 0.25) is 0 Å². The van der Waals surface area contributed by atoms with Gasteiger partial charge in [-0.25, -0.2) is 4.98 Å². The lowest BCUT2D eigenvalue weighted by molar-refractivity contribution is -0.121. The Morgan fingerprint density at radius 3 is 2.79 bits per heavy atom. The minimum atomic E-state index is 0.0467. The first-order valence-corrected chi connectivity index (χ1v) is 12.1. The molecule has 0 saturated carbocycles. The van der Waals surface area contributed by atoms with Crippen LogP contribution in [0, 0.1) is 0 Å². The van der Waals surface area contributed by atoms with Crippen LogP contribution >= 0.6 is 0 Å². The van der Waals surface area contributed by atoms with Crippen molar-refractivity contribution in [3.05, 3.63) is 42.1 Å². The van der Waals surface area contributed by atoms with Crippen LogP contribution in [0.3, 0.4) is 0 Å². The van der Waals surface area contributed by atoms with Gasteiger partial charge in [0.2, 0.25) is 11.9 Å². The van der Waals surface area contributed by atoms with Crippen molar-refractivity contribution in [3.63, 3.8) is 0 Å². The fourth-order valence-corrected chi connectivity index (χ4v) is 4.38. The molecule has 1 amide bonds. The average Bonchev–Trinajstić information content (AvgIpc) is 3.42. The van der Waals surface area contributed by atoms with E-state index in [9.17, 15) is 4.79 Å². The fraction of sp³-hybridized carbons (Fsp3) is 0.520. The summed E-state index contributed by atoms with van der Waals surface area (Å²) in [6.45, 7) is 7.75. The molecule has 1 aromatic heterocycles. The molecule has 0 spiro atoms. The van der Waals surface area contributed by atoms with Crippen molar-refractivity contribution >= 4 is 23.9 Å². The highest BCUT2D eigenvalue weighted by Gasteiger charge is 2.30. The number of aliphatic imine (C=N–C) groups is 1. The molecule has 2 aliphatic rings. The van der Waals surface area contributed by atoms with Crippen molar-refractivity contribution in [3.8, 4) is 5.75 Å². The number of hydrogen-bond acceptors (Lipinski definition) is 8. The van der Waals surface area contributed by atoms with E-state index >= 15 is 0 Å². The molecule has 3 heterocycles. The Balaban J connectivity index is 1.42. The molecule has 0 bridgehead atoms. The van der Waals surface area contributed by atoms with E-state index < -0.39 is 0 Å². The van der Waals surface area contributed by atoms with Crippen LogP contribution in [0.15, 0.2) is 41.5 Å². The third-order valence-corrected chi connectivity index (χ3v) is 6.35. The molecule has 1 fully saturated rings. The molecule has 34 heavy (non-hydrogen) atoms. The van der Waals surface area contributed by atoms with Crippen LogP contribution in [0.4, 0.5) is 11.8 Å². The van der Waals surface area contributed by atoms with Crippen LogP contribution < -0.4 is 19.9 Å². The number of carbonyl (C=O) groups is 1. The van der Waals surface area contributed by atoms with E-state index in [0.717, 1.165) is 49.9 Å². The molecular weight excluding hydrogens is 430 g/mol. The Kier molecular flexibility index (Phi) is 8.30. The maximum atomic E-state index is 12.9. The first-order valence-electron chi connectivity index (χ1n) is 12.1. The zero-order valence-electron chi connectivity index (χ0n) is 20.2. The van der Waals surface area contributed by atoms with Gasteiger partial charge < -0.3 is 19.9 Å². The number of hydrogen-bond donors (Lipinski definition) is 1. The molecule has 4 rings (SSSR count). The maximum absolute atomic E-state index is 12.9. The van der Waals surface area contributed by atoms with Gasteiger partial charge in [0.25, 0.3) is 0 Å². The number of methoxy groups -OCH3 is 1. The molecular formula is C25H35N7O2. The monoisotopic (exact) mass is 465 g/mol. The third kappa shape index (κ3) is 6.22. The average molecular weight is 466 g/mol. The Morgan fingerprint density at radius 2 is 2.06 bits per heavy atom. The smallest absolute Gasteiger partial charge is 0.229 e. The summed E-state index contributed by atoms with van der Waals surface area (Å²) in [7, 11) is 1.65. The Hall–Kier alpha value is -3.20. The van der Waals surface area contributed by atoms with Crippen LogP contribution in [0.5, 0.6) is 5.75 Å². The minimum Gasteiger partial charge on any atom is -0.497 e. The predicted octanol–water partition coefficient (Wildman–Crippen LogP) is 2.33. The van der Waals surface area contributed by atoms with Gasteiger partial charge >= 0.3 is 0 Å². The number of ether oxygens (including phenoxy) is 1. The SMILES string of the molecule is CCCCN1CCN(c2ccnc(N3CC=NC3)n2)C(CC(=O)NCc2ccc(OC)cc2)C1. The van der Waals surface area contributed by atoms with Gasteiger partial charge in [0, 0.05) is 45.0 Å². The van der Waals surface area contributed by atoms with E-state index in [1.807, 2.05) is 41.4 Å². The molecule has 9 heteroatoms. The molecule has 0 radical (unpaired) electrons. The number of rotatable bonds is 10. The number of anilines is 2. The largest absolute Gasteiger partial charge is 0.497 e. The summed E-state index contributed by atoms with van der Waals surface area (Å²) < 4.78 is 5.21. The van der Waals surface area contributed by atoms with Crippen molar-refractivity contribution in [1.29, 1.82) is 0 Å². The molecule has 1 saturated heterocycles. The van der Waals surface area contributed by atoms with E-state index in [-0.39, 0.29) is 11.9 Å². The number of nitrogens with zero attached hydrogens (tertiary/aromatic N) is 6. The highest BCUT2D eigenvalue weighted by molar-refractivity contribution is 5.77. The summed E-state index contributed by atoms with van der Waals surface area (Å²) in [6.07, 6.45) is 6.45. The molecule has 9 nitrogen and oxygen atoms in total. The molecule has 0 aliphatic carbocycles. The predicted molar refractivity (Wildman–Crippen MR) is 135 cm³/mol. The van der Waals surface area contributed by atoms with Crippen molar-refractivity contribution in [2.45, 2.75) is 38.8 Å². The first kappa shape index (κ1) is 23.9. The minimum absolute atomic E-state index is 0.0467. The van der Waals surface area contributed by atoms with Crippen molar-refractivity contribution in [2.75, 3.05) is 56.3 Å². The highest BCUT2D eigenvalue weighted by atomic mass is 16.5. The highest BCUT2D eigenvalue weighted by Crippen LogP contribution is 2.23. The zero-order chi connectivity index (χ0) is 23.8. The fourth-order valence-electron chi connectivity index (χ4n) is 4.38. The number of carbonyl (C=O) groups excluding carboxylic acids is 1. The Labute approximate surface area is 201 Å². The molecule has 182 valence electrons. The zero-order valence-corrected chi connectivity index (χ0v) is 20.2. The maximum Gasteiger partial charge on any atom is 0.229 e. The summed E-state index contributed by atoms with van der Waals surface area (Å²) in [5.74, 6) is 2.42. The number of aromatic nitrogens is 2. The van der Waals surface area contributed by atoms with E-state index in [1.165, 1.54) is 12.8 Å². The first-order chi connectivity index (χ1) is 16.7. The number of unbranched alkanes of at least 4 members (excludes halogenated alkanes) is 1. The van der Waals surface area contributed by atoms with Crippen molar-refractivity contribution in [1.82, 2.24) is 20.2 Å². The van der Waals surface area contributed by atoms with Crippen LogP contribution in [0.1, 0.15) is 31.7 Å². The summed E-state index contributed by atoms with van der Waals surface area (Å²) in [5.41, 5.74) is 1.05.